The Bertz CT molecular complexity index is 816. The molecule has 0 fully saturated rings. The van der Waals surface area contributed by atoms with E-state index in [0.717, 1.165) is 43.0 Å². The first kappa shape index (κ1) is 23.5. The summed E-state index contributed by atoms with van der Waals surface area (Å²) < 4.78 is 10.6. The van der Waals surface area contributed by atoms with E-state index < -0.39 is 0 Å². The molecule has 0 aliphatic heterocycles. The molecule has 5 nitrogen and oxygen atoms in total. The van der Waals surface area contributed by atoms with Gasteiger partial charge in [-0.25, -0.2) is 0 Å². The van der Waals surface area contributed by atoms with Crippen molar-refractivity contribution in [2.24, 2.45) is 0 Å². The summed E-state index contributed by atoms with van der Waals surface area (Å²) in [4.78, 5) is 14.2. The topological polar surface area (TPSA) is 50.8 Å². The number of hydrogen-bond acceptors (Lipinski definition) is 4. The molecule has 2 aromatic carbocycles. The highest BCUT2D eigenvalue weighted by Gasteiger charge is 2.06. The molecule has 1 amide bonds. The quantitative estimate of drug-likeness (QED) is 0.536. The fraction of sp³-hybridized carbons (Fsp3) is 0.400. The van der Waals surface area contributed by atoms with E-state index in [1.165, 1.54) is 11.1 Å². The van der Waals surface area contributed by atoms with Gasteiger partial charge in [0.2, 0.25) is 5.91 Å². The van der Waals surface area contributed by atoms with Crippen LogP contribution >= 0.6 is 0 Å². The molecule has 5 heteroatoms. The third kappa shape index (κ3) is 8.29. The predicted octanol–water partition coefficient (Wildman–Crippen LogP) is 4.10. The van der Waals surface area contributed by atoms with E-state index in [0.29, 0.717) is 13.0 Å². The second kappa shape index (κ2) is 12.7. The van der Waals surface area contributed by atoms with Crippen LogP contribution in [-0.2, 0) is 11.2 Å². The largest absolute Gasteiger partial charge is 0.493 e. The molecular formula is C25H34N2O3. The minimum absolute atomic E-state index is 0.0614. The zero-order valence-electron chi connectivity index (χ0n) is 18.6. The summed E-state index contributed by atoms with van der Waals surface area (Å²) in [6.45, 7) is 4.64. The highest BCUT2D eigenvalue weighted by molar-refractivity contribution is 5.78. The first-order chi connectivity index (χ1) is 14.5. The maximum atomic E-state index is 12.0. The summed E-state index contributed by atoms with van der Waals surface area (Å²) in [5.41, 5.74) is 3.57. The zero-order chi connectivity index (χ0) is 21.8. The van der Waals surface area contributed by atoms with Crippen LogP contribution in [0.4, 0.5) is 0 Å². The van der Waals surface area contributed by atoms with Gasteiger partial charge in [-0.05, 0) is 56.6 Å². The molecule has 2 aromatic rings. The summed E-state index contributed by atoms with van der Waals surface area (Å²) in [5.74, 6) is 1.57. The van der Waals surface area contributed by atoms with Crippen molar-refractivity contribution >= 4 is 12.0 Å². The maximum absolute atomic E-state index is 12.0. The summed E-state index contributed by atoms with van der Waals surface area (Å²) in [6, 6.07) is 14.3. The Morgan fingerprint density at radius 3 is 2.47 bits per heavy atom. The minimum Gasteiger partial charge on any atom is -0.493 e. The monoisotopic (exact) mass is 410 g/mol. The van der Waals surface area contributed by atoms with Crippen LogP contribution in [0.1, 0.15) is 29.5 Å². The lowest BCUT2D eigenvalue weighted by Gasteiger charge is -2.17. The van der Waals surface area contributed by atoms with E-state index in [-0.39, 0.29) is 5.91 Å². The third-order valence-corrected chi connectivity index (χ3v) is 4.96. The van der Waals surface area contributed by atoms with Gasteiger partial charge in [0, 0.05) is 19.5 Å². The first-order valence-electron chi connectivity index (χ1n) is 10.4. The Balaban J connectivity index is 1.60. The Morgan fingerprint density at radius 1 is 1.03 bits per heavy atom. The average Bonchev–Trinajstić information content (AvgIpc) is 2.76. The van der Waals surface area contributed by atoms with Crippen molar-refractivity contribution in [3.8, 4) is 11.5 Å². The standard InChI is InChI=1S/C25H34N2O3/c1-20-9-11-21(12-10-20)7-5-8-25(28)26-16-6-17-27(2)18-15-22-13-14-23(29-3)24(19-22)30-4/h5,7,9-14,19H,6,8,15-18H2,1-4H3,(H,26,28)/b7-5+. The van der Waals surface area contributed by atoms with Gasteiger partial charge in [0.15, 0.2) is 11.5 Å². The molecule has 0 aromatic heterocycles. The molecule has 0 aliphatic carbocycles. The lowest BCUT2D eigenvalue weighted by atomic mass is 10.1. The number of likely N-dealkylation sites (N-methyl/N-ethyl adjacent to an activating group) is 1. The predicted molar refractivity (Wildman–Crippen MR) is 123 cm³/mol. The number of ether oxygens (including phenoxy) is 2. The smallest absolute Gasteiger partial charge is 0.223 e. The van der Waals surface area contributed by atoms with E-state index in [2.05, 4.69) is 54.5 Å². The van der Waals surface area contributed by atoms with E-state index in [4.69, 9.17) is 9.47 Å². The summed E-state index contributed by atoms with van der Waals surface area (Å²) in [5, 5.41) is 2.99. The number of nitrogens with one attached hydrogen (secondary N) is 1. The Kier molecular flexibility index (Phi) is 9.95. The lowest BCUT2D eigenvalue weighted by Crippen LogP contribution is -2.28. The molecule has 30 heavy (non-hydrogen) atoms. The van der Waals surface area contributed by atoms with Crippen LogP contribution in [0.2, 0.25) is 0 Å². The molecule has 0 spiro atoms. The number of nitrogens with zero attached hydrogens (tertiary/aromatic N) is 1. The molecule has 0 aliphatic rings. The molecule has 162 valence electrons. The molecule has 0 atom stereocenters. The van der Waals surface area contributed by atoms with Gasteiger partial charge in [-0.15, -0.1) is 0 Å². The van der Waals surface area contributed by atoms with Gasteiger partial charge in [0.25, 0.3) is 0 Å². The van der Waals surface area contributed by atoms with E-state index >= 15 is 0 Å². The lowest BCUT2D eigenvalue weighted by molar-refractivity contribution is -0.120. The van der Waals surface area contributed by atoms with Gasteiger partial charge in [-0.2, -0.15) is 0 Å². The van der Waals surface area contributed by atoms with Crippen LogP contribution in [0.5, 0.6) is 11.5 Å². The number of amides is 1. The number of hydrogen-bond donors (Lipinski definition) is 1. The Hall–Kier alpha value is -2.79. The van der Waals surface area contributed by atoms with Crippen molar-refractivity contribution < 1.29 is 14.3 Å². The number of rotatable bonds is 12. The van der Waals surface area contributed by atoms with Crippen molar-refractivity contribution in [2.45, 2.75) is 26.2 Å². The second-order valence-electron chi connectivity index (χ2n) is 7.46. The van der Waals surface area contributed by atoms with Gasteiger partial charge in [0.1, 0.15) is 0 Å². The SMILES string of the molecule is COc1ccc(CCN(C)CCCNC(=O)C/C=C/c2ccc(C)cc2)cc1OC. The van der Waals surface area contributed by atoms with Crippen molar-refractivity contribution in [3.05, 3.63) is 65.2 Å². The van der Waals surface area contributed by atoms with E-state index in [1.807, 2.05) is 24.3 Å². The van der Waals surface area contributed by atoms with Crippen LogP contribution < -0.4 is 14.8 Å². The number of methoxy groups -OCH3 is 2. The van der Waals surface area contributed by atoms with Crippen LogP contribution in [0.3, 0.4) is 0 Å². The second-order valence-corrected chi connectivity index (χ2v) is 7.46. The van der Waals surface area contributed by atoms with Crippen LogP contribution in [0.15, 0.2) is 48.5 Å². The van der Waals surface area contributed by atoms with Crippen LogP contribution in [0.25, 0.3) is 6.08 Å². The molecule has 0 bridgehead atoms. The Labute approximate surface area is 180 Å². The maximum Gasteiger partial charge on any atom is 0.223 e. The highest BCUT2D eigenvalue weighted by Crippen LogP contribution is 2.27. The molecule has 0 heterocycles. The fourth-order valence-electron chi connectivity index (χ4n) is 3.10. The first-order valence-corrected chi connectivity index (χ1v) is 10.4. The van der Waals surface area contributed by atoms with Crippen molar-refractivity contribution in [1.29, 1.82) is 0 Å². The van der Waals surface area contributed by atoms with E-state index in [9.17, 15) is 4.79 Å². The Morgan fingerprint density at radius 2 is 1.77 bits per heavy atom. The minimum atomic E-state index is 0.0614. The molecule has 0 radical (unpaired) electrons. The van der Waals surface area contributed by atoms with Crippen molar-refractivity contribution in [2.75, 3.05) is 40.9 Å². The molecule has 0 unspecified atom stereocenters. The fourth-order valence-corrected chi connectivity index (χ4v) is 3.10. The number of carbonyl (C=O) groups is 1. The van der Waals surface area contributed by atoms with Gasteiger partial charge in [-0.1, -0.05) is 48.0 Å². The summed E-state index contributed by atoms with van der Waals surface area (Å²) in [6.07, 6.45) is 6.17. The third-order valence-electron chi connectivity index (χ3n) is 4.96. The molecule has 0 saturated heterocycles. The molecule has 2 rings (SSSR count). The molecule has 0 saturated carbocycles. The summed E-state index contributed by atoms with van der Waals surface area (Å²) in [7, 11) is 5.40. The average molecular weight is 411 g/mol. The van der Waals surface area contributed by atoms with Crippen molar-refractivity contribution in [1.82, 2.24) is 10.2 Å². The number of aryl methyl sites for hydroxylation is 1. The highest BCUT2D eigenvalue weighted by atomic mass is 16.5. The van der Waals surface area contributed by atoms with E-state index in [1.54, 1.807) is 14.2 Å². The van der Waals surface area contributed by atoms with Crippen molar-refractivity contribution in [3.63, 3.8) is 0 Å². The molecule has 1 N–H and O–H groups in total. The summed E-state index contributed by atoms with van der Waals surface area (Å²) >= 11 is 0. The number of carbonyl (C=O) groups excluding carboxylic acids is 1. The van der Waals surface area contributed by atoms with Gasteiger partial charge in [-0.3, -0.25) is 4.79 Å². The van der Waals surface area contributed by atoms with Gasteiger partial charge >= 0.3 is 0 Å². The normalized spacial score (nSPS) is 11.1. The van der Waals surface area contributed by atoms with Crippen LogP contribution in [-0.4, -0.2) is 51.7 Å². The van der Waals surface area contributed by atoms with Crippen LogP contribution in [0, 0.1) is 6.92 Å². The van der Waals surface area contributed by atoms with Gasteiger partial charge < -0.3 is 19.7 Å². The zero-order valence-corrected chi connectivity index (χ0v) is 18.6. The molecular weight excluding hydrogens is 376 g/mol. The number of benzene rings is 2. The van der Waals surface area contributed by atoms with Gasteiger partial charge in [0.05, 0.1) is 14.2 Å².